The average molecular weight is 300 g/mol. The standard InChI is InChI=1S/C18H24N2O2/c1-12-6-8-20(9-7-12)11-17(21)18-13(2)19-16-5-4-14(22-3)10-15(16)18/h4-5,10,12,19H,6-9,11H2,1-3H3. The lowest BCUT2D eigenvalue weighted by Crippen LogP contribution is -2.36. The molecule has 0 atom stereocenters. The van der Waals surface area contributed by atoms with Crippen molar-refractivity contribution in [1.82, 2.24) is 9.88 Å². The van der Waals surface area contributed by atoms with Crippen molar-refractivity contribution in [2.75, 3.05) is 26.7 Å². The summed E-state index contributed by atoms with van der Waals surface area (Å²) in [7, 11) is 1.65. The van der Waals surface area contributed by atoms with Gasteiger partial charge < -0.3 is 9.72 Å². The Kier molecular flexibility index (Phi) is 4.21. The monoisotopic (exact) mass is 300 g/mol. The number of aromatic amines is 1. The molecule has 1 saturated heterocycles. The van der Waals surface area contributed by atoms with Crippen molar-refractivity contribution in [2.24, 2.45) is 5.92 Å². The van der Waals surface area contributed by atoms with Gasteiger partial charge in [-0.15, -0.1) is 0 Å². The van der Waals surface area contributed by atoms with E-state index in [4.69, 9.17) is 4.74 Å². The molecule has 22 heavy (non-hydrogen) atoms. The van der Waals surface area contributed by atoms with Gasteiger partial charge in [-0.1, -0.05) is 6.92 Å². The highest BCUT2D eigenvalue weighted by Crippen LogP contribution is 2.27. The lowest BCUT2D eigenvalue weighted by Gasteiger charge is -2.29. The number of methoxy groups -OCH3 is 1. The van der Waals surface area contributed by atoms with Crippen LogP contribution in [0.2, 0.25) is 0 Å². The van der Waals surface area contributed by atoms with Crippen LogP contribution in [0, 0.1) is 12.8 Å². The second-order valence-electron chi connectivity index (χ2n) is 6.42. The number of hydrogen-bond acceptors (Lipinski definition) is 3. The highest BCUT2D eigenvalue weighted by molar-refractivity contribution is 6.10. The van der Waals surface area contributed by atoms with E-state index in [0.717, 1.165) is 46.9 Å². The minimum atomic E-state index is 0.201. The van der Waals surface area contributed by atoms with E-state index >= 15 is 0 Å². The molecule has 4 nitrogen and oxygen atoms in total. The normalized spacial score (nSPS) is 17.0. The van der Waals surface area contributed by atoms with E-state index in [2.05, 4.69) is 16.8 Å². The minimum Gasteiger partial charge on any atom is -0.497 e. The summed E-state index contributed by atoms with van der Waals surface area (Å²) >= 11 is 0. The Morgan fingerprint density at radius 2 is 2.09 bits per heavy atom. The predicted molar refractivity (Wildman–Crippen MR) is 88.8 cm³/mol. The molecule has 3 rings (SSSR count). The van der Waals surface area contributed by atoms with Crippen LogP contribution >= 0.6 is 0 Å². The van der Waals surface area contributed by atoms with Gasteiger partial charge in [0.05, 0.1) is 13.7 Å². The number of piperidine rings is 1. The molecule has 1 aliphatic rings. The Hall–Kier alpha value is -1.81. The molecule has 1 aliphatic heterocycles. The Balaban J connectivity index is 1.85. The third-order valence-corrected chi connectivity index (χ3v) is 4.72. The van der Waals surface area contributed by atoms with Crippen LogP contribution in [0.15, 0.2) is 18.2 Å². The zero-order chi connectivity index (χ0) is 15.7. The zero-order valence-corrected chi connectivity index (χ0v) is 13.6. The Labute approximate surface area is 131 Å². The third-order valence-electron chi connectivity index (χ3n) is 4.72. The number of fused-ring (bicyclic) bond motifs is 1. The van der Waals surface area contributed by atoms with Crippen LogP contribution in [0.25, 0.3) is 10.9 Å². The van der Waals surface area contributed by atoms with E-state index in [1.165, 1.54) is 12.8 Å². The molecule has 0 amide bonds. The summed E-state index contributed by atoms with van der Waals surface area (Å²) in [6, 6.07) is 5.84. The fraction of sp³-hybridized carbons (Fsp3) is 0.500. The van der Waals surface area contributed by atoms with Gasteiger partial charge in [-0.2, -0.15) is 0 Å². The molecule has 1 N–H and O–H groups in total. The maximum absolute atomic E-state index is 12.8. The van der Waals surface area contributed by atoms with E-state index in [0.29, 0.717) is 6.54 Å². The second-order valence-corrected chi connectivity index (χ2v) is 6.42. The first kappa shape index (κ1) is 15.1. The van der Waals surface area contributed by atoms with Gasteiger partial charge in [-0.3, -0.25) is 9.69 Å². The van der Waals surface area contributed by atoms with Crippen molar-refractivity contribution in [2.45, 2.75) is 26.7 Å². The number of rotatable bonds is 4. The van der Waals surface area contributed by atoms with Crippen LogP contribution in [0.4, 0.5) is 0 Å². The molecule has 0 saturated carbocycles. The van der Waals surface area contributed by atoms with Gasteiger partial charge in [0, 0.05) is 22.2 Å². The summed E-state index contributed by atoms with van der Waals surface area (Å²) in [5, 5.41) is 0.965. The summed E-state index contributed by atoms with van der Waals surface area (Å²) in [6.07, 6.45) is 2.38. The number of ether oxygens (including phenoxy) is 1. The molecule has 1 aromatic heterocycles. The van der Waals surface area contributed by atoms with Crippen molar-refractivity contribution >= 4 is 16.7 Å². The molecule has 118 valence electrons. The van der Waals surface area contributed by atoms with Gasteiger partial charge in [-0.05, 0) is 57.0 Å². The molecule has 2 heterocycles. The number of aryl methyl sites for hydroxylation is 1. The number of carbonyl (C=O) groups is 1. The number of nitrogens with one attached hydrogen (secondary N) is 1. The number of hydrogen-bond donors (Lipinski definition) is 1. The van der Waals surface area contributed by atoms with Crippen molar-refractivity contribution in [3.63, 3.8) is 0 Å². The summed E-state index contributed by atoms with van der Waals surface area (Å²) in [4.78, 5) is 18.4. The first-order valence-electron chi connectivity index (χ1n) is 8.00. The van der Waals surface area contributed by atoms with Crippen LogP contribution in [0.5, 0.6) is 5.75 Å². The van der Waals surface area contributed by atoms with Crippen LogP contribution in [0.1, 0.15) is 35.8 Å². The quantitative estimate of drug-likeness (QED) is 0.880. The van der Waals surface area contributed by atoms with Crippen molar-refractivity contribution < 1.29 is 9.53 Å². The molecular weight excluding hydrogens is 276 g/mol. The molecule has 2 aromatic rings. The Bertz CT molecular complexity index is 682. The number of H-pyrrole nitrogens is 1. The van der Waals surface area contributed by atoms with E-state index < -0.39 is 0 Å². The summed E-state index contributed by atoms with van der Waals surface area (Å²) < 4.78 is 5.29. The first-order chi connectivity index (χ1) is 10.6. The fourth-order valence-electron chi connectivity index (χ4n) is 3.29. The molecule has 0 aliphatic carbocycles. The molecule has 0 radical (unpaired) electrons. The number of likely N-dealkylation sites (tertiary alicyclic amines) is 1. The number of Topliss-reactive ketones (excluding diaryl/α,β-unsaturated/α-hetero) is 1. The molecule has 0 bridgehead atoms. The van der Waals surface area contributed by atoms with Gasteiger partial charge in [0.25, 0.3) is 0 Å². The van der Waals surface area contributed by atoms with E-state index in [1.54, 1.807) is 7.11 Å². The Morgan fingerprint density at radius 3 is 2.77 bits per heavy atom. The summed E-state index contributed by atoms with van der Waals surface area (Å²) in [5.74, 6) is 1.77. The number of aromatic nitrogens is 1. The van der Waals surface area contributed by atoms with Crippen LogP contribution in [-0.2, 0) is 0 Å². The number of ketones is 1. The molecule has 1 fully saturated rings. The molecule has 4 heteroatoms. The predicted octanol–water partition coefficient (Wildman–Crippen LogP) is 3.40. The van der Waals surface area contributed by atoms with Gasteiger partial charge in [0.2, 0.25) is 0 Å². The minimum absolute atomic E-state index is 0.201. The van der Waals surface area contributed by atoms with Gasteiger partial charge >= 0.3 is 0 Å². The van der Waals surface area contributed by atoms with E-state index in [9.17, 15) is 4.79 Å². The van der Waals surface area contributed by atoms with Gasteiger partial charge in [0.15, 0.2) is 5.78 Å². The van der Waals surface area contributed by atoms with Gasteiger partial charge in [0.1, 0.15) is 5.75 Å². The van der Waals surface area contributed by atoms with Crippen molar-refractivity contribution in [1.29, 1.82) is 0 Å². The first-order valence-corrected chi connectivity index (χ1v) is 8.00. The molecule has 1 aromatic carbocycles. The fourth-order valence-corrected chi connectivity index (χ4v) is 3.29. The maximum atomic E-state index is 12.8. The number of benzene rings is 1. The molecule has 0 spiro atoms. The van der Waals surface area contributed by atoms with E-state index in [1.807, 2.05) is 25.1 Å². The largest absolute Gasteiger partial charge is 0.497 e. The van der Waals surface area contributed by atoms with Crippen molar-refractivity contribution in [3.05, 3.63) is 29.5 Å². The topological polar surface area (TPSA) is 45.3 Å². The third kappa shape index (κ3) is 2.88. The average Bonchev–Trinajstić information content (AvgIpc) is 2.84. The zero-order valence-electron chi connectivity index (χ0n) is 13.6. The van der Waals surface area contributed by atoms with E-state index in [-0.39, 0.29) is 5.78 Å². The van der Waals surface area contributed by atoms with Gasteiger partial charge in [-0.25, -0.2) is 0 Å². The number of nitrogens with zero attached hydrogens (tertiary/aromatic N) is 1. The lowest BCUT2D eigenvalue weighted by molar-refractivity contribution is 0.0901. The second kappa shape index (κ2) is 6.13. The highest BCUT2D eigenvalue weighted by atomic mass is 16.5. The SMILES string of the molecule is COc1ccc2[nH]c(C)c(C(=O)CN3CCC(C)CC3)c2c1. The van der Waals surface area contributed by atoms with Crippen molar-refractivity contribution in [3.8, 4) is 5.75 Å². The summed E-state index contributed by atoms with van der Waals surface area (Å²) in [5.41, 5.74) is 2.75. The van der Waals surface area contributed by atoms with Crippen LogP contribution in [-0.4, -0.2) is 42.4 Å². The van der Waals surface area contributed by atoms with Crippen LogP contribution in [0.3, 0.4) is 0 Å². The molecular formula is C18H24N2O2. The smallest absolute Gasteiger partial charge is 0.179 e. The summed E-state index contributed by atoms with van der Waals surface area (Å²) in [6.45, 7) is 6.82. The Morgan fingerprint density at radius 1 is 1.36 bits per heavy atom. The van der Waals surface area contributed by atoms with Crippen LogP contribution < -0.4 is 4.74 Å². The highest BCUT2D eigenvalue weighted by Gasteiger charge is 2.22. The molecule has 0 unspecified atom stereocenters. The lowest BCUT2D eigenvalue weighted by atomic mass is 9.98. The number of carbonyl (C=O) groups excluding carboxylic acids is 1. The maximum Gasteiger partial charge on any atom is 0.179 e.